The Labute approximate surface area is 172 Å². The summed E-state index contributed by atoms with van der Waals surface area (Å²) in [6.07, 6.45) is 0.944. The fraction of sp³-hybridized carbons (Fsp3) is 0.318. The summed E-state index contributed by atoms with van der Waals surface area (Å²) in [5, 5.41) is 6.02. The number of hydrogen-bond donors (Lipinski definition) is 0. The van der Waals surface area contributed by atoms with Crippen LogP contribution in [-0.2, 0) is 4.79 Å². The maximum Gasteiger partial charge on any atom is 0.276 e. The third kappa shape index (κ3) is 3.58. The summed E-state index contributed by atoms with van der Waals surface area (Å²) < 4.78 is 5.35. The molecule has 1 aliphatic heterocycles. The Bertz CT molecular complexity index is 1010. The summed E-state index contributed by atoms with van der Waals surface area (Å²) in [6, 6.07) is 15.4. The van der Waals surface area contributed by atoms with Gasteiger partial charge in [-0.1, -0.05) is 41.6 Å². The van der Waals surface area contributed by atoms with Crippen LogP contribution < -0.4 is 0 Å². The molecule has 3 heterocycles. The van der Waals surface area contributed by atoms with E-state index in [1.165, 1.54) is 4.88 Å². The first-order valence-electron chi connectivity index (χ1n) is 9.84. The van der Waals surface area contributed by atoms with E-state index in [-0.39, 0.29) is 17.7 Å². The lowest BCUT2D eigenvalue weighted by molar-refractivity contribution is -0.134. The second-order valence-corrected chi connectivity index (χ2v) is 8.50. The SMILES string of the molecule is O=C(c1cc(-c2ccccc2)on1)N1CCN(C(=O)C2CC2c2cccs2)CC1. The van der Waals surface area contributed by atoms with Crippen molar-refractivity contribution < 1.29 is 14.1 Å². The molecular weight excluding hydrogens is 386 g/mol. The molecule has 1 aromatic carbocycles. The summed E-state index contributed by atoms with van der Waals surface area (Å²) >= 11 is 1.72. The number of rotatable bonds is 4. The number of piperazine rings is 1. The van der Waals surface area contributed by atoms with Crippen molar-refractivity contribution in [1.82, 2.24) is 15.0 Å². The summed E-state index contributed by atoms with van der Waals surface area (Å²) in [5.41, 5.74) is 1.20. The number of carbonyl (C=O) groups is 2. The van der Waals surface area contributed by atoms with Crippen LogP contribution in [0.15, 0.2) is 58.4 Å². The van der Waals surface area contributed by atoms with E-state index in [1.807, 2.05) is 41.3 Å². The van der Waals surface area contributed by atoms with E-state index in [9.17, 15) is 9.59 Å². The van der Waals surface area contributed by atoms with Gasteiger partial charge in [-0.2, -0.15) is 0 Å². The molecule has 0 N–H and O–H groups in total. The Kier molecular flexibility index (Phi) is 4.67. The molecule has 2 aromatic heterocycles. The number of amides is 2. The standard InChI is InChI=1S/C22H21N3O3S/c26-21(17-13-16(17)20-7-4-12-29-20)24-8-10-25(11-9-24)22(27)18-14-19(28-23-18)15-5-2-1-3-6-15/h1-7,12,14,16-17H,8-11,13H2. The highest BCUT2D eigenvalue weighted by atomic mass is 32.1. The number of benzene rings is 1. The number of carbonyl (C=O) groups excluding carboxylic acids is 2. The van der Waals surface area contributed by atoms with E-state index >= 15 is 0 Å². The van der Waals surface area contributed by atoms with Crippen LogP contribution in [0.3, 0.4) is 0 Å². The summed E-state index contributed by atoms with van der Waals surface area (Å²) in [7, 11) is 0. The van der Waals surface area contributed by atoms with Gasteiger partial charge >= 0.3 is 0 Å². The van der Waals surface area contributed by atoms with Crippen molar-refractivity contribution in [3.63, 3.8) is 0 Å². The second-order valence-electron chi connectivity index (χ2n) is 7.52. The van der Waals surface area contributed by atoms with Crippen molar-refractivity contribution in [2.45, 2.75) is 12.3 Å². The van der Waals surface area contributed by atoms with E-state index in [2.05, 4.69) is 16.6 Å². The Balaban J connectivity index is 1.17. The van der Waals surface area contributed by atoms with Gasteiger partial charge in [0.25, 0.3) is 5.91 Å². The lowest BCUT2D eigenvalue weighted by atomic mass is 10.1. The van der Waals surface area contributed by atoms with Gasteiger partial charge in [0.15, 0.2) is 11.5 Å². The summed E-state index contributed by atoms with van der Waals surface area (Å²) in [5.74, 6) is 1.15. The number of aromatic nitrogens is 1. The molecule has 2 unspecified atom stereocenters. The van der Waals surface area contributed by atoms with Gasteiger partial charge in [0.2, 0.25) is 5.91 Å². The zero-order valence-electron chi connectivity index (χ0n) is 15.9. The minimum atomic E-state index is -0.147. The first-order valence-corrected chi connectivity index (χ1v) is 10.7. The van der Waals surface area contributed by atoms with Crippen LogP contribution in [0.1, 0.15) is 27.7 Å². The highest BCUT2D eigenvalue weighted by Crippen LogP contribution is 2.50. The number of thiophene rings is 1. The molecule has 29 heavy (non-hydrogen) atoms. The first kappa shape index (κ1) is 18.1. The maximum atomic E-state index is 12.8. The topological polar surface area (TPSA) is 66.7 Å². The molecule has 3 aromatic rings. The van der Waals surface area contributed by atoms with Crippen molar-refractivity contribution in [2.75, 3.05) is 26.2 Å². The second kappa shape index (κ2) is 7.48. The Morgan fingerprint density at radius 3 is 2.48 bits per heavy atom. The van der Waals surface area contributed by atoms with Crippen molar-refractivity contribution in [2.24, 2.45) is 5.92 Å². The van der Waals surface area contributed by atoms with Gasteiger partial charge in [-0.05, 0) is 17.9 Å². The third-order valence-corrected chi connectivity index (χ3v) is 6.69. The molecule has 6 nitrogen and oxygen atoms in total. The van der Waals surface area contributed by atoms with E-state index in [1.54, 1.807) is 22.3 Å². The van der Waals surface area contributed by atoms with Crippen LogP contribution in [0.2, 0.25) is 0 Å². The van der Waals surface area contributed by atoms with Gasteiger partial charge in [0, 0.05) is 54.5 Å². The smallest absolute Gasteiger partial charge is 0.276 e. The average molecular weight is 407 g/mol. The molecule has 5 rings (SSSR count). The molecule has 7 heteroatoms. The molecule has 2 amide bonds. The van der Waals surface area contributed by atoms with Gasteiger partial charge in [-0.15, -0.1) is 11.3 Å². The van der Waals surface area contributed by atoms with E-state index in [0.29, 0.717) is 43.6 Å². The summed E-state index contributed by atoms with van der Waals surface area (Å²) in [6.45, 7) is 2.19. The average Bonchev–Trinajstić information content (AvgIpc) is 3.17. The molecule has 1 saturated carbocycles. The van der Waals surface area contributed by atoms with Crippen LogP contribution in [-0.4, -0.2) is 52.9 Å². The lowest BCUT2D eigenvalue weighted by Crippen LogP contribution is -2.51. The molecule has 1 aliphatic carbocycles. The zero-order valence-corrected chi connectivity index (χ0v) is 16.7. The fourth-order valence-electron chi connectivity index (χ4n) is 3.93. The molecule has 2 atom stereocenters. The van der Waals surface area contributed by atoms with Gasteiger partial charge < -0.3 is 14.3 Å². The molecule has 1 saturated heterocycles. The molecule has 0 bridgehead atoms. The maximum absolute atomic E-state index is 12.8. The molecule has 148 valence electrons. The molecule has 0 spiro atoms. The van der Waals surface area contributed by atoms with Crippen LogP contribution in [0.25, 0.3) is 11.3 Å². The highest BCUT2D eigenvalue weighted by Gasteiger charge is 2.46. The zero-order chi connectivity index (χ0) is 19.8. The monoisotopic (exact) mass is 407 g/mol. The number of nitrogens with zero attached hydrogens (tertiary/aromatic N) is 3. The van der Waals surface area contributed by atoms with Gasteiger partial charge in [-0.3, -0.25) is 9.59 Å². The lowest BCUT2D eigenvalue weighted by Gasteiger charge is -2.34. The van der Waals surface area contributed by atoms with Gasteiger partial charge in [0.1, 0.15) is 0 Å². The van der Waals surface area contributed by atoms with Crippen LogP contribution >= 0.6 is 11.3 Å². The fourth-order valence-corrected chi connectivity index (χ4v) is 4.83. The Morgan fingerprint density at radius 1 is 1.00 bits per heavy atom. The van der Waals surface area contributed by atoms with Crippen molar-refractivity contribution >= 4 is 23.2 Å². The predicted octanol–water partition coefficient (Wildman–Crippen LogP) is 3.49. The first-order chi connectivity index (χ1) is 14.2. The van der Waals surface area contributed by atoms with Crippen molar-refractivity contribution in [1.29, 1.82) is 0 Å². The van der Waals surface area contributed by atoms with Crippen LogP contribution in [0, 0.1) is 5.92 Å². The Hall–Kier alpha value is -2.93. The largest absolute Gasteiger partial charge is 0.355 e. The van der Waals surface area contributed by atoms with Gasteiger partial charge in [0.05, 0.1) is 0 Å². The normalized spacial score (nSPS) is 21.2. The van der Waals surface area contributed by atoms with E-state index < -0.39 is 0 Å². The van der Waals surface area contributed by atoms with Crippen LogP contribution in [0.4, 0.5) is 0 Å². The van der Waals surface area contributed by atoms with E-state index in [0.717, 1.165) is 12.0 Å². The molecule has 0 radical (unpaired) electrons. The molecular formula is C22H21N3O3S. The highest BCUT2D eigenvalue weighted by molar-refractivity contribution is 7.10. The van der Waals surface area contributed by atoms with Crippen molar-refractivity contribution in [3.8, 4) is 11.3 Å². The quantitative estimate of drug-likeness (QED) is 0.664. The summed E-state index contributed by atoms with van der Waals surface area (Å²) in [4.78, 5) is 30.5. The predicted molar refractivity (Wildman–Crippen MR) is 110 cm³/mol. The van der Waals surface area contributed by atoms with Crippen molar-refractivity contribution in [3.05, 3.63) is 64.5 Å². The minimum Gasteiger partial charge on any atom is -0.355 e. The minimum absolute atomic E-state index is 0.111. The van der Waals surface area contributed by atoms with E-state index in [4.69, 9.17) is 4.52 Å². The third-order valence-electron chi connectivity index (χ3n) is 5.68. The Morgan fingerprint density at radius 2 is 1.76 bits per heavy atom. The molecule has 2 fully saturated rings. The number of hydrogen-bond acceptors (Lipinski definition) is 5. The molecule has 2 aliphatic rings. The van der Waals surface area contributed by atoms with Crippen LogP contribution in [0.5, 0.6) is 0 Å². The van der Waals surface area contributed by atoms with Gasteiger partial charge in [-0.25, -0.2) is 0 Å².